The molecule has 0 saturated heterocycles. The first-order valence-electron chi connectivity index (χ1n) is 22.2. The topological polar surface area (TPSA) is 62.5 Å². The second-order valence-corrected chi connectivity index (χ2v) is 18.4. The summed E-state index contributed by atoms with van der Waals surface area (Å²) >= 11 is 0. The Labute approximate surface area is 365 Å². The molecule has 3 aliphatic carbocycles. The van der Waals surface area contributed by atoms with Gasteiger partial charge in [-0.25, -0.2) is 15.0 Å². The molecular weight excluding hydrogens is 753 g/mol. The maximum Gasteiger partial charge on any atom is 0.164 e. The SMILES string of the molecule is C[C@@H]1CC2C[C@H](C)CC(c3ccc(-c4nc(-c5cccc(-c6ccccc6)c5)nc(-c5ccc6c(c5)-c5ccccc5C6(c5ccccc5)c5cccc(C#N)c5)n4)cc3)(C2)C1. The average molecular weight is 801 g/mol. The van der Waals surface area contributed by atoms with Gasteiger partial charge in [-0.05, 0) is 130 Å². The summed E-state index contributed by atoms with van der Waals surface area (Å²) in [6.45, 7) is 4.91. The molecule has 1 heterocycles. The van der Waals surface area contributed by atoms with Crippen molar-refractivity contribution in [2.45, 2.75) is 56.8 Å². The van der Waals surface area contributed by atoms with E-state index < -0.39 is 5.41 Å². The van der Waals surface area contributed by atoms with Crippen molar-refractivity contribution in [1.29, 1.82) is 5.26 Å². The highest BCUT2D eigenvalue weighted by molar-refractivity contribution is 5.88. The fourth-order valence-corrected chi connectivity index (χ4v) is 12.0. The normalized spacial score (nSPS) is 22.3. The number of rotatable bonds is 7. The Kier molecular flexibility index (Phi) is 9.31. The minimum absolute atomic E-state index is 0.247. The number of hydrogen-bond acceptors (Lipinski definition) is 4. The zero-order valence-electron chi connectivity index (χ0n) is 35.3. The molecule has 0 radical (unpaired) electrons. The molecule has 3 aliphatic rings. The van der Waals surface area contributed by atoms with Crippen molar-refractivity contribution in [2.75, 3.05) is 0 Å². The molecule has 2 fully saturated rings. The van der Waals surface area contributed by atoms with Crippen molar-refractivity contribution >= 4 is 0 Å². The van der Waals surface area contributed by atoms with Gasteiger partial charge < -0.3 is 0 Å². The summed E-state index contributed by atoms with van der Waals surface area (Å²) in [5.41, 5.74) is 13.7. The summed E-state index contributed by atoms with van der Waals surface area (Å²) < 4.78 is 0. The zero-order chi connectivity index (χ0) is 41.8. The van der Waals surface area contributed by atoms with Crippen LogP contribution < -0.4 is 0 Å². The van der Waals surface area contributed by atoms with Crippen LogP contribution in [0.3, 0.4) is 0 Å². The summed E-state index contributed by atoms with van der Waals surface area (Å²) in [6, 6.07) is 64.8. The van der Waals surface area contributed by atoms with E-state index in [1.54, 1.807) is 0 Å². The lowest BCUT2D eigenvalue weighted by molar-refractivity contribution is 0.0780. The molecule has 0 N–H and O–H groups in total. The van der Waals surface area contributed by atoms with E-state index >= 15 is 0 Å². The van der Waals surface area contributed by atoms with E-state index in [1.165, 1.54) is 48.8 Å². The predicted molar refractivity (Wildman–Crippen MR) is 250 cm³/mol. The number of aromatic nitrogens is 3. The first-order chi connectivity index (χ1) is 30.4. The third kappa shape index (κ3) is 6.38. The highest BCUT2D eigenvalue weighted by Crippen LogP contribution is 2.57. The van der Waals surface area contributed by atoms with Crippen LogP contribution in [-0.2, 0) is 10.8 Å². The highest BCUT2D eigenvalue weighted by Gasteiger charge is 2.47. The van der Waals surface area contributed by atoms with Crippen LogP contribution in [-0.4, -0.2) is 15.0 Å². The summed E-state index contributed by atoms with van der Waals surface area (Å²) in [4.78, 5) is 15.8. The van der Waals surface area contributed by atoms with E-state index in [0.717, 1.165) is 67.8 Å². The summed E-state index contributed by atoms with van der Waals surface area (Å²) in [5.74, 6) is 4.26. The van der Waals surface area contributed by atoms with E-state index in [-0.39, 0.29) is 5.41 Å². The lowest BCUT2D eigenvalue weighted by Gasteiger charge is -2.50. The predicted octanol–water partition coefficient (Wildman–Crippen LogP) is 13.9. The summed E-state index contributed by atoms with van der Waals surface area (Å²) in [5, 5.41) is 10.1. The Morgan fingerprint density at radius 1 is 0.452 bits per heavy atom. The van der Waals surface area contributed by atoms with Gasteiger partial charge in [-0.2, -0.15) is 5.26 Å². The molecule has 0 spiro atoms. The fourth-order valence-electron chi connectivity index (χ4n) is 12.0. The molecule has 0 amide bonds. The second kappa shape index (κ2) is 15.2. The van der Waals surface area contributed by atoms with Crippen LogP contribution in [0.4, 0.5) is 0 Å². The number of fused-ring (bicyclic) bond motifs is 5. The Morgan fingerprint density at radius 3 is 1.74 bits per heavy atom. The van der Waals surface area contributed by atoms with Crippen molar-refractivity contribution in [3.8, 4) is 62.5 Å². The van der Waals surface area contributed by atoms with Crippen LogP contribution in [0.15, 0.2) is 176 Å². The Bertz CT molecular complexity index is 2980. The standard InChI is InChI=1S/C58H48N4/c1-38-29-41-30-39(2)35-57(34-38,36-41)47-26-23-43(24-27-47)54-60-55(45-17-12-16-44(32-45)42-14-5-3-6-15-42)62-56(61-54)46-25-28-53-51(33-46)50-21-9-10-22-52(50)58(53,48-18-7-4-8-19-48)49-20-11-13-40(31-49)37-59/h3-28,31-33,38-39,41H,29-30,34-36H2,1-2H3/t38-,39+,41?,57?,58?. The smallest absolute Gasteiger partial charge is 0.164 e. The van der Waals surface area contributed by atoms with E-state index in [1.807, 2.05) is 24.3 Å². The van der Waals surface area contributed by atoms with Gasteiger partial charge in [0.05, 0.1) is 17.0 Å². The van der Waals surface area contributed by atoms with E-state index in [9.17, 15) is 5.26 Å². The molecule has 2 bridgehead atoms. The lowest BCUT2D eigenvalue weighted by atomic mass is 9.54. The molecule has 11 rings (SSSR count). The molecular formula is C58H48N4. The third-order valence-corrected chi connectivity index (χ3v) is 14.2. The van der Waals surface area contributed by atoms with E-state index in [0.29, 0.717) is 23.0 Å². The van der Waals surface area contributed by atoms with Crippen LogP contribution in [0, 0.1) is 29.1 Å². The maximum atomic E-state index is 10.1. The quantitative estimate of drug-likeness (QED) is 0.161. The number of nitrogens with zero attached hydrogens (tertiary/aromatic N) is 4. The zero-order valence-corrected chi connectivity index (χ0v) is 35.3. The minimum atomic E-state index is -0.626. The molecule has 300 valence electrons. The van der Waals surface area contributed by atoms with Gasteiger partial charge in [0.15, 0.2) is 17.5 Å². The Balaban J connectivity index is 1.07. The van der Waals surface area contributed by atoms with Crippen LogP contribution in [0.5, 0.6) is 0 Å². The Hall–Kier alpha value is -6.96. The van der Waals surface area contributed by atoms with Gasteiger partial charge in [-0.15, -0.1) is 0 Å². The van der Waals surface area contributed by atoms with Gasteiger partial charge in [0.1, 0.15) is 0 Å². The summed E-state index contributed by atoms with van der Waals surface area (Å²) in [6.07, 6.45) is 6.56. The van der Waals surface area contributed by atoms with Crippen molar-refractivity contribution < 1.29 is 0 Å². The number of benzene rings is 7. The van der Waals surface area contributed by atoms with Crippen molar-refractivity contribution in [3.63, 3.8) is 0 Å². The number of hydrogen-bond donors (Lipinski definition) is 0. The van der Waals surface area contributed by atoms with Gasteiger partial charge in [0, 0.05) is 16.7 Å². The average Bonchev–Trinajstić information content (AvgIpc) is 3.62. The monoisotopic (exact) mass is 800 g/mol. The Morgan fingerprint density at radius 2 is 1.02 bits per heavy atom. The van der Waals surface area contributed by atoms with Crippen molar-refractivity contribution in [2.24, 2.45) is 17.8 Å². The molecule has 4 nitrogen and oxygen atoms in total. The molecule has 5 atom stereocenters. The van der Waals surface area contributed by atoms with E-state index in [4.69, 9.17) is 15.0 Å². The first kappa shape index (κ1) is 38.0. The molecule has 3 unspecified atom stereocenters. The summed E-state index contributed by atoms with van der Waals surface area (Å²) in [7, 11) is 0. The number of nitriles is 1. The van der Waals surface area contributed by atoms with Crippen LogP contribution in [0.25, 0.3) is 56.4 Å². The third-order valence-electron chi connectivity index (χ3n) is 14.2. The van der Waals surface area contributed by atoms with Crippen LogP contribution in [0.1, 0.15) is 79.3 Å². The maximum absolute atomic E-state index is 10.1. The highest BCUT2D eigenvalue weighted by atomic mass is 15.0. The van der Waals surface area contributed by atoms with Gasteiger partial charge in [0.2, 0.25) is 0 Å². The molecule has 1 aromatic heterocycles. The second-order valence-electron chi connectivity index (χ2n) is 18.4. The molecule has 2 saturated carbocycles. The van der Waals surface area contributed by atoms with Gasteiger partial charge in [0.25, 0.3) is 0 Å². The largest absolute Gasteiger partial charge is 0.208 e. The van der Waals surface area contributed by atoms with Crippen molar-refractivity contribution in [3.05, 3.63) is 209 Å². The molecule has 7 aromatic carbocycles. The molecule has 8 aromatic rings. The lowest BCUT2D eigenvalue weighted by Crippen LogP contribution is -2.42. The van der Waals surface area contributed by atoms with Gasteiger partial charge in [-0.1, -0.05) is 166 Å². The van der Waals surface area contributed by atoms with Gasteiger partial charge >= 0.3 is 0 Å². The fraction of sp³-hybridized carbons (Fsp3) is 0.207. The van der Waals surface area contributed by atoms with Crippen molar-refractivity contribution in [1.82, 2.24) is 15.0 Å². The first-order valence-corrected chi connectivity index (χ1v) is 22.2. The van der Waals surface area contributed by atoms with Gasteiger partial charge in [-0.3, -0.25) is 0 Å². The molecule has 62 heavy (non-hydrogen) atoms. The molecule has 0 aliphatic heterocycles. The van der Waals surface area contributed by atoms with Crippen LogP contribution >= 0.6 is 0 Å². The minimum Gasteiger partial charge on any atom is -0.208 e. The molecule has 4 heteroatoms. The van der Waals surface area contributed by atoms with E-state index in [2.05, 4.69) is 172 Å². The van der Waals surface area contributed by atoms with Crippen LogP contribution in [0.2, 0.25) is 0 Å².